The summed E-state index contributed by atoms with van der Waals surface area (Å²) in [5.74, 6) is 0.584. The quantitative estimate of drug-likeness (QED) is 0.877. The molecular formula is C16H21N3O. The van der Waals surface area contributed by atoms with Crippen LogP contribution < -0.4 is 10.1 Å². The smallest absolute Gasteiger partial charge is 0.232 e. The number of nitrogens with zero attached hydrogens (tertiary/aromatic N) is 2. The van der Waals surface area contributed by atoms with Crippen LogP contribution in [0.4, 0.5) is 0 Å². The first-order valence-corrected chi connectivity index (χ1v) is 6.89. The van der Waals surface area contributed by atoms with E-state index in [1.54, 1.807) is 12.4 Å². The van der Waals surface area contributed by atoms with Crippen LogP contribution >= 0.6 is 0 Å². The number of rotatable bonds is 6. The highest BCUT2D eigenvalue weighted by molar-refractivity contribution is 5.21. The Labute approximate surface area is 120 Å². The first-order valence-electron chi connectivity index (χ1n) is 6.89. The van der Waals surface area contributed by atoms with Gasteiger partial charge in [0.25, 0.3) is 0 Å². The molecule has 20 heavy (non-hydrogen) atoms. The van der Waals surface area contributed by atoms with Crippen LogP contribution in [0.1, 0.15) is 31.1 Å². The Morgan fingerprint density at radius 1 is 1.15 bits per heavy atom. The predicted molar refractivity (Wildman–Crippen MR) is 79.7 cm³/mol. The molecule has 0 saturated heterocycles. The summed E-state index contributed by atoms with van der Waals surface area (Å²) in [5, 5.41) is 3.32. The Morgan fingerprint density at radius 2 is 1.90 bits per heavy atom. The number of aromatic nitrogens is 2. The van der Waals surface area contributed by atoms with Crippen LogP contribution in [-0.2, 0) is 6.42 Å². The average Bonchev–Trinajstić information content (AvgIpc) is 2.45. The van der Waals surface area contributed by atoms with Crippen molar-refractivity contribution in [1.29, 1.82) is 0 Å². The molecule has 1 heterocycles. The van der Waals surface area contributed by atoms with Crippen molar-refractivity contribution in [3.8, 4) is 5.88 Å². The minimum absolute atomic E-state index is 0.105. The molecule has 106 valence electrons. The summed E-state index contributed by atoms with van der Waals surface area (Å²) in [5.41, 5.74) is 2.17. The largest absolute Gasteiger partial charge is 0.474 e. The zero-order valence-electron chi connectivity index (χ0n) is 12.2. The summed E-state index contributed by atoms with van der Waals surface area (Å²) in [6.45, 7) is 3.96. The molecule has 1 aromatic carbocycles. The Bertz CT molecular complexity index is 528. The Balaban J connectivity index is 2.12. The third kappa shape index (κ3) is 4.03. The zero-order chi connectivity index (χ0) is 14.4. The van der Waals surface area contributed by atoms with E-state index in [0.717, 1.165) is 12.1 Å². The fourth-order valence-corrected chi connectivity index (χ4v) is 2.06. The maximum Gasteiger partial charge on any atom is 0.232 e. The van der Waals surface area contributed by atoms with Crippen molar-refractivity contribution in [2.24, 2.45) is 0 Å². The van der Waals surface area contributed by atoms with Crippen LogP contribution in [-0.4, -0.2) is 23.1 Å². The van der Waals surface area contributed by atoms with Gasteiger partial charge in [-0.25, -0.2) is 4.98 Å². The second-order valence-corrected chi connectivity index (χ2v) is 4.97. The fourth-order valence-electron chi connectivity index (χ4n) is 2.06. The third-order valence-corrected chi connectivity index (χ3v) is 2.98. The van der Waals surface area contributed by atoms with Gasteiger partial charge in [0.05, 0.1) is 18.0 Å². The fraction of sp³-hybridized carbons (Fsp3) is 0.375. The molecule has 0 aliphatic carbocycles. The lowest BCUT2D eigenvalue weighted by molar-refractivity contribution is 0.230. The van der Waals surface area contributed by atoms with Crippen molar-refractivity contribution in [3.63, 3.8) is 0 Å². The molecule has 0 radical (unpaired) electrons. The standard InChI is InChI=1S/C16H21N3O/c1-12(2)20-16-11-18-10-14(19-16)9-15(17-3)13-7-5-4-6-8-13/h4-8,10-12,15,17H,9H2,1-3H3. The van der Waals surface area contributed by atoms with Gasteiger partial charge in [-0.2, -0.15) is 0 Å². The topological polar surface area (TPSA) is 47.0 Å². The summed E-state index contributed by atoms with van der Waals surface area (Å²) in [4.78, 5) is 8.70. The monoisotopic (exact) mass is 271 g/mol. The van der Waals surface area contributed by atoms with Crippen molar-refractivity contribution < 1.29 is 4.74 Å². The molecular weight excluding hydrogens is 250 g/mol. The Hall–Kier alpha value is -1.94. The number of ether oxygens (including phenoxy) is 1. The van der Waals surface area contributed by atoms with Crippen LogP contribution in [0.15, 0.2) is 42.7 Å². The van der Waals surface area contributed by atoms with Crippen LogP contribution in [0.2, 0.25) is 0 Å². The maximum atomic E-state index is 5.58. The minimum atomic E-state index is 0.105. The van der Waals surface area contributed by atoms with Gasteiger partial charge >= 0.3 is 0 Å². The highest BCUT2D eigenvalue weighted by Crippen LogP contribution is 2.18. The summed E-state index contributed by atoms with van der Waals surface area (Å²) >= 11 is 0. The van der Waals surface area contributed by atoms with Gasteiger partial charge in [-0.05, 0) is 26.5 Å². The first-order chi connectivity index (χ1) is 9.69. The molecule has 4 nitrogen and oxygen atoms in total. The van der Waals surface area contributed by atoms with Gasteiger partial charge in [0.15, 0.2) is 0 Å². The van der Waals surface area contributed by atoms with E-state index < -0.39 is 0 Å². The zero-order valence-corrected chi connectivity index (χ0v) is 12.2. The lowest BCUT2D eigenvalue weighted by atomic mass is 10.0. The average molecular weight is 271 g/mol. The number of hydrogen-bond acceptors (Lipinski definition) is 4. The molecule has 0 aliphatic rings. The van der Waals surface area contributed by atoms with Crippen LogP contribution in [0, 0.1) is 0 Å². The van der Waals surface area contributed by atoms with E-state index in [4.69, 9.17) is 4.74 Å². The summed E-state index contributed by atoms with van der Waals surface area (Å²) in [6.07, 6.45) is 4.33. The van der Waals surface area contributed by atoms with E-state index in [2.05, 4.69) is 27.4 Å². The highest BCUT2D eigenvalue weighted by atomic mass is 16.5. The van der Waals surface area contributed by atoms with Crippen molar-refractivity contribution in [3.05, 3.63) is 54.0 Å². The first kappa shape index (κ1) is 14.5. The van der Waals surface area contributed by atoms with Crippen LogP contribution in [0.3, 0.4) is 0 Å². The molecule has 0 fully saturated rings. The summed E-state index contributed by atoms with van der Waals surface area (Å²) in [6, 6.07) is 10.6. The van der Waals surface area contributed by atoms with Crippen molar-refractivity contribution in [1.82, 2.24) is 15.3 Å². The molecule has 0 bridgehead atoms. The van der Waals surface area contributed by atoms with Gasteiger partial charge in [0.2, 0.25) is 5.88 Å². The summed E-state index contributed by atoms with van der Waals surface area (Å²) in [7, 11) is 1.96. The molecule has 0 aliphatic heterocycles. The Kier molecular flexibility index (Phi) is 5.07. The normalized spacial score (nSPS) is 12.4. The van der Waals surface area contributed by atoms with Crippen molar-refractivity contribution in [2.45, 2.75) is 32.4 Å². The van der Waals surface area contributed by atoms with Gasteiger partial charge in [-0.3, -0.25) is 4.98 Å². The maximum absolute atomic E-state index is 5.58. The van der Waals surface area contributed by atoms with Gasteiger partial charge in [-0.1, -0.05) is 30.3 Å². The van der Waals surface area contributed by atoms with Gasteiger partial charge in [0, 0.05) is 18.7 Å². The molecule has 0 amide bonds. The molecule has 2 aromatic rings. The van der Waals surface area contributed by atoms with E-state index in [-0.39, 0.29) is 12.1 Å². The third-order valence-electron chi connectivity index (χ3n) is 2.98. The van der Waals surface area contributed by atoms with E-state index >= 15 is 0 Å². The lowest BCUT2D eigenvalue weighted by Crippen LogP contribution is -2.19. The van der Waals surface area contributed by atoms with Gasteiger partial charge < -0.3 is 10.1 Å². The lowest BCUT2D eigenvalue weighted by Gasteiger charge is -2.16. The number of likely N-dealkylation sites (N-methyl/N-ethyl adjacent to an activating group) is 1. The number of benzene rings is 1. The number of nitrogens with one attached hydrogen (secondary N) is 1. The van der Waals surface area contributed by atoms with Crippen LogP contribution in [0.5, 0.6) is 5.88 Å². The van der Waals surface area contributed by atoms with Crippen LogP contribution in [0.25, 0.3) is 0 Å². The second-order valence-electron chi connectivity index (χ2n) is 4.97. The highest BCUT2D eigenvalue weighted by Gasteiger charge is 2.11. The Morgan fingerprint density at radius 3 is 2.55 bits per heavy atom. The second kappa shape index (κ2) is 7.01. The molecule has 0 spiro atoms. The number of hydrogen-bond donors (Lipinski definition) is 1. The molecule has 1 atom stereocenters. The molecule has 2 rings (SSSR count). The minimum Gasteiger partial charge on any atom is -0.474 e. The van der Waals surface area contributed by atoms with Gasteiger partial charge in [-0.15, -0.1) is 0 Å². The van der Waals surface area contributed by atoms with Crippen molar-refractivity contribution >= 4 is 0 Å². The molecule has 1 N–H and O–H groups in total. The predicted octanol–water partition coefficient (Wildman–Crippen LogP) is 2.77. The molecule has 1 aromatic heterocycles. The molecule has 1 unspecified atom stereocenters. The molecule has 0 saturated carbocycles. The SMILES string of the molecule is CNC(Cc1cncc(OC(C)C)n1)c1ccccc1. The van der Waals surface area contributed by atoms with E-state index in [1.165, 1.54) is 5.56 Å². The van der Waals surface area contributed by atoms with E-state index in [9.17, 15) is 0 Å². The van der Waals surface area contributed by atoms with E-state index in [0.29, 0.717) is 5.88 Å². The summed E-state index contributed by atoms with van der Waals surface area (Å²) < 4.78 is 5.58. The van der Waals surface area contributed by atoms with Crippen molar-refractivity contribution in [2.75, 3.05) is 7.05 Å². The van der Waals surface area contributed by atoms with E-state index in [1.807, 2.05) is 39.1 Å². The van der Waals surface area contributed by atoms with Gasteiger partial charge in [0.1, 0.15) is 0 Å². The molecule has 4 heteroatoms.